The molecule has 0 aliphatic heterocycles. The zero-order valence-corrected chi connectivity index (χ0v) is 6.35. The summed E-state index contributed by atoms with van der Waals surface area (Å²) in [6, 6.07) is 12.5. The number of rotatable bonds is 0. The molecule has 0 nitrogen and oxygen atoms in total. The molecular formula is C6H5FPt. The fourth-order valence-corrected chi connectivity index (χ4v) is 0.342. The topological polar surface area (TPSA) is 0 Å². The molecule has 0 amide bonds. The van der Waals surface area contributed by atoms with Crippen LogP contribution in [-0.4, -0.2) is 0 Å². The van der Waals surface area contributed by atoms with Crippen LogP contribution in [0.2, 0.25) is 0 Å². The molecule has 0 atom stereocenters. The summed E-state index contributed by atoms with van der Waals surface area (Å²) in [7, 11) is 0. The molecule has 0 saturated heterocycles. The van der Waals surface area contributed by atoms with Crippen LogP contribution in [0.15, 0.2) is 30.3 Å². The molecule has 1 aromatic carbocycles. The molecule has 0 aliphatic carbocycles. The first-order valence-corrected chi connectivity index (χ1v) is 2.89. The van der Waals surface area contributed by atoms with Crippen molar-refractivity contribution in [3.63, 3.8) is 0 Å². The predicted octanol–water partition coefficient (Wildman–Crippen LogP) is 1.90. The van der Waals surface area contributed by atoms with Gasteiger partial charge in [0.2, 0.25) is 0 Å². The van der Waals surface area contributed by atoms with E-state index in [-0.39, 0.29) is 0 Å². The predicted molar refractivity (Wildman–Crippen MR) is 26.4 cm³/mol. The Morgan fingerprint density at radius 1 is 1.00 bits per heavy atom. The molecule has 0 aromatic heterocycles. The van der Waals surface area contributed by atoms with Gasteiger partial charge in [0, 0.05) is 0 Å². The molecule has 0 heterocycles. The molecule has 1 rings (SSSR count). The maximum absolute atomic E-state index is 9.47. The summed E-state index contributed by atoms with van der Waals surface area (Å²) < 4.78 is 9.47. The van der Waals surface area contributed by atoms with Crippen LogP contribution in [-0.2, 0) is 20.3 Å². The first-order chi connectivity index (χ1) is 4.00. The maximum Gasteiger partial charge on any atom is -0.171 e. The molecule has 0 N–H and O–H groups in total. The first kappa shape index (κ1) is 7.84. The van der Waals surface area contributed by atoms with Crippen molar-refractivity contribution in [1.29, 1.82) is 0 Å². The van der Waals surface area contributed by atoms with E-state index < -0.39 is 0 Å². The number of hydrogen-bond acceptors (Lipinski definition) is 0. The molecule has 1 aromatic rings. The Hall–Kier alpha value is -0.162. The fourth-order valence-electron chi connectivity index (χ4n) is 0.342. The van der Waals surface area contributed by atoms with Crippen LogP contribution in [0.4, 0.5) is 3.16 Å². The maximum atomic E-state index is 9.47. The van der Waals surface area contributed by atoms with Crippen molar-refractivity contribution in [1.82, 2.24) is 0 Å². The summed E-state index contributed by atoms with van der Waals surface area (Å²) >= 11 is 0.639. The Kier molecular flexibility index (Phi) is 6.70. The second-order valence-corrected chi connectivity index (χ2v) is 1.08. The SMILES string of the molecule is [F][Pt+].[c-]1ccccc1. The van der Waals surface area contributed by atoms with Gasteiger partial charge in [-0.3, -0.25) is 0 Å². The summed E-state index contributed by atoms with van der Waals surface area (Å²) in [6.45, 7) is 0. The molecule has 0 unspecified atom stereocenters. The summed E-state index contributed by atoms with van der Waals surface area (Å²) in [6.07, 6.45) is 0. The quantitative estimate of drug-likeness (QED) is 0.641. The minimum absolute atomic E-state index is 0.639. The molecule has 0 bridgehead atoms. The van der Waals surface area contributed by atoms with Crippen molar-refractivity contribution in [3.05, 3.63) is 36.4 Å². The standard InChI is InChI=1S/C6H5.FH.Pt/c1-2-4-6-5-3-1;;/h1-5H;1H;/q-1;;+2/p-1. The van der Waals surface area contributed by atoms with E-state index >= 15 is 0 Å². The van der Waals surface area contributed by atoms with E-state index in [1.165, 1.54) is 0 Å². The fraction of sp³-hybridized carbons (Fsp3) is 0. The number of benzene rings is 1. The normalized spacial score (nSPS) is 6.88. The van der Waals surface area contributed by atoms with E-state index in [0.717, 1.165) is 0 Å². The van der Waals surface area contributed by atoms with Crippen LogP contribution in [0, 0.1) is 6.07 Å². The first-order valence-electron chi connectivity index (χ1n) is 2.03. The molecule has 0 fully saturated rings. The summed E-state index contributed by atoms with van der Waals surface area (Å²) in [5.74, 6) is 0. The van der Waals surface area contributed by atoms with Crippen LogP contribution in [0.25, 0.3) is 0 Å². The zero-order valence-electron chi connectivity index (χ0n) is 4.08. The Balaban J connectivity index is 0.000000222. The van der Waals surface area contributed by atoms with Crippen molar-refractivity contribution >= 4 is 0 Å². The average Bonchev–Trinajstić information content (AvgIpc) is 1.96. The molecule has 0 radical (unpaired) electrons. The Labute approximate surface area is 60.3 Å². The second-order valence-electron chi connectivity index (χ2n) is 1.08. The molecule has 46 valence electrons. The molecule has 2 heteroatoms. The van der Waals surface area contributed by atoms with E-state index in [0.29, 0.717) is 20.3 Å². The molecule has 0 saturated carbocycles. The van der Waals surface area contributed by atoms with Crippen molar-refractivity contribution in [2.45, 2.75) is 0 Å². The van der Waals surface area contributed by atoms with Gasteiger partial charge in [0.1, 0.15) is 0 Å². The van der Waals surface area contributed by atoms with Gasteiger partial charge in [0.05, 0.1) is 0 Å². The van der Waals surface area contributed by atoms with E-state index in [9.17, 15) is 3.16 Å². The second kappa shape index (κ2) is 6.84. The van der Waals surface area contributed by atoms with Gasteiger partial charge in [-0.2, -0.15) is 36.4 Å². The average molecular weight is 291 g/mol. The van der Waals surface area contributed by atoms with E-state index in [1.54, 1.807) is 0 Å². The molecule has 8 heavy (non-hydrogen) atoms. The van der Waals surface area contributed by atoms with Crippen LogP contribution >= 0.6 is 0 Å². The van der Waals surface area contributed by atoms with Crippen LogP contribution in [0.3, 0.4) is 0 Å². The van der Waals surface area contributed by atoms with Gasteiger partial charge in [0.15, 0.2) is 0 Å². The summed E-state index contributed by atoms with van der Waals surface area (Å²) in [5, 5.41) is 0. The van der Waals surface area contributed by atoms with E-state index in [2.05, 4.69) is 6.07 Å². The third kappa shape index (κ3) is 4.01. The van der Waals surface area contributed by atoms with E-state index in [1.807, 2.05) is 30.3 Å². The van der Waals surface area contributed by atoms with Crippen molar-refractivity contribution in [2.24, 2.45) is 0 Å². The van der Waals surface area contributed by atoms with Crippen molar-refractivity contribution < 1.29 is 23.5 Å². The Bertz CT molecular complexity index is 80.5. The van der Waals surface area contributed by atoms with Crippen LogP contribution < -0.4 is 0 Å². The molecule has 0 aliphatic rings. The monoisotopic (exact) mass is 291 g/mol. The van der Waals surface area contributed by atoms with E-state index in [4.69, 9.17) is 0 Å². The van der Waals surface area contributed by atoms with Gasteiger partial charge >= 0.3 is 23.5 Å². The zero-order chi connectivity index (χ0) is 6.24. The third-order valence-corrected chi connectivity index (χ3v) is 0.607. The smallest absolute Gasteiger partial charge is 0.171 e. The Morgan fingerprint density at radius 3 is 1.62 bits per heavy atom. The van der Waals surface area contributed by atoms with Gasteiger partial charge in [0.25, 0.3) is 0 Å². The summed E-state index contributed by atoms with van der Waals surface area (Å²) in [4.78, 5) is 0. The van der Waals surface area contributed by atoms with Crippen LogP contribution in [0.5, 0.6) is 0 Å². The number of halogens is 1. The molecule has 0 spiro atoms. The van der Waals surface area contributed by atoms with Gasteiger partial charge in [-0.05, 0) is 0 Å². The largest absolute Gasteiger partial charge is 0.184 e. The number of hydrogen-bond donors (Lipinski definition) is 0. The van der Waals surface area contributed by atoms with Crippen LogP contribution in [0.1, 0.15) is 0 Å². The summed E-state index contributed by atoms with van der Waals surface area (Å²) in [5.41, 5.74) is 0. The van der Waals surface area contributed by atoms with Gasteiger partial charge in [-0.1, -0.05) is 0 Å². The minimum atomic E-state index is 0.639. The van der Waals surface area contributed by atoms with Gasteiger partial charge < -0.3 is 0 Å². The minimum Gasteiger partial charge on any atom is -0.184 e. The van der Waals surface area contributed by atoms with Gasteiger partial charge in [-0.15, -0.1) is 0 Å². The van der Waals surface area contributed by atoms with Crippen molar-refractivity contribution in [3.8, 4) is 0 Å². The third-order valence-electron chi connectivity index (χ3n) is 0.607. The Morgan fingerprint density at radius 2 is 1.50 bits per heavy atom. The van der Waals surface area contributed by atoms with Crippen molar-refractivity contribution in [2.75, 3.05) is 0 Å². The molecular weight excluding hydrogens is 286 g/mol. The van der Waals surface area contributed by atoms with Gasteiger partial charge in [-0.25, -0.2) is 0 Å².